The van der Waals surface area contributed by atoms with Crippen LogP contribution in [0.15, 0.2) is 22.7 Å². The fourth-order valence-corrected chi connectivity index (χ4v) is 2.01. The Hall–Kier alpha value is -1.69. The number of aryl methyl sites for hydroxylation is 2. The van der Waals surface area contributed by atoms with Crippen LogP contribution in [0.2, 0.25) is 0 Å². The van der Waals surface area contributed by atoms with Gasteiger partial charge in [-0.05, 0) is 40.9 Å². The molecule has 2 N–H and O–H groups in total. The molecule has 1 aromatic heterocycles. The van der Waals surface area contributed by atoms with Gasteiger partial charge in [-0.15, -0.1) is 5.10 Å². The first-order valence-corrected chi connectivity index (χ1v) is 6.89. The molecule has 1 aromatic carbocycles. The number of nitrogens with zero attached hydrogens (tertiary/aromatic N) is 3. The van der Waals surface area contributed by atoms with Crippen molar-refractivity contribution in [2.75, 3.05) is 5.73 Å². The molecule has 5 nitrogen and oxygen atoms in total. The summed E-state index contributed by atoms with van der Waals surface area (Å²) in [6.45, 7) is 4.06. The summed E-state index contributed by atoms with van der Waals surface area (Å²) < 4.78 is 6.31. The fraction of sp³-hybridized carbons (Fsp3) is 0.308. The van der Waals surface area contributed by atoms with E-state index in [0.29, 0.717) is 15.9 Å². The van der Waals surface area contributed by atoms with Crippen LogP contribution in [0.4, 0.5) is 5.69 Å². The predicted octanol–water partition coefficient (Wildman–Crippen LogP) is 3.13. The summed E-state index contributed by atoms with van der Waals surface area (Å²) in [5.41, 5.74) is 8.21. The van der Waals surface area contributed by atoms with Gasteiger partial charge in [-0.25, -0.2) is 0 Å². The van der Waals surface area contributed by atoms with E-state index in [1.807, 2.05) is 19.9 Å². The van der Waals surface area contributed by atoms with Gasteiger partial charge >= 0.3 is 6.01 Å². The maximum absolute atomic E-state index is 5.79. The van der Waals surface area contributed by atoms with Crippen molar-refractivity contribution in [1.82, 2.24) is 15.2 Å². The topological polar surface area (TPSA) is 73.9 Å². The van der Waals surface area contributed by atoms with Crippen molar-refractivity contribution in [2.45, 2.75) is 26.7 Å². The van der Waals surface area contributed by atoms with Gasteiger partial charge in [0.25, 0.3) is 0 Å². The highest BCUT2D eigenvalue weighted by Crippen LogP contribution is 2.32. The van der Waals surface area contributed by atoms with Gasteiger partial charge in [0.1, 0.15) is 5.75 Å². The molecule has 0 saturated carbocycles. The molecular weight excluding hydrogens is 308 g/mol. The minimum atomic E-state index is 0.236. The normalized spacial score (nSPS) is 10.5. The standard InChI is InChI=1S/C13H15BrN4O/c1-3-9-10(4-2)17-18-13(16-9)19-11-7-5-6-8(15)12(11)14/h5-7H,3-4,15H2,1-2H3. The summed E-state index contributed by atoms with van der Waals surface area (Å²) in [5.74, 6) is 0.577. The molecule has 0 fully saturated rings. The summed E-state index contributed by atoms with van der Waals surface area (Å²) in [6.07, 6.45) is 1.61. The van der Waals surface area contributed by atoms with E-state index in [1.54, 1.807) is 12.1 Å². The largest absolute Gasteiger partial charge is 0.422 e. The molecule has 0 amide bonds. The highest BCUT2D eigenvalue weighted by Gasteiger charge is 2.10. The second-order valence-electron chi connectivity index (χ2n) is 3.96. The molecule has 0 bridgehead atoms. The molecular formula is C13H15BrN4O. The van der Waals surface area contributed by atoms with Gasteiger partial charge in [-0.1, -0.05) is 25.0 Å². The van der Waals surface area contributed by atoms with E-state index in [1.165, 1.54) is 0 Å². The Morgan fingerprint density at radius 1 is 1.16 bits per heavy atom. The minimum absolute atomic E-state index is 0.236. The molecule has 2 rings (SSSR count). The molecule has 0 saturated heterocycles. The first-order valence-electron chi connectivity index (χ1n) is 6.10. The number of ether oxygens (including phenoxy) is 1. The molecule has 6 heteroatoms. The molecule has 0 aliphatic carbocycles. The lowest BCUT2D eigenvalue weighted by atomic mass is 10.2. The zero-order valence-electron chi connectivity index (χ0n) is 10.9. The summed E-state index contributed by atoms with van der Waals surface area (Å²) in [5, 5.41) is 8.11. The monoisotopic (exact) mass is 322 g/mol. The second kappa shape index (κ2) is 5.97. The number of aromatic nitrogens is 3. The molecule has 0 aliphatic heterocycles. The van der Waals surface area contributed by atoms with Gasteiger partial charge in [0.15, 0.2) is 0 Å². The molecule has 1 heterocycles. The van der Waals surface area contributed by atoms with Crippen LogP contribution >= 0.6 is 15.9 Å². The number of nitrogen functional groups attached to an aromatic ring is 1. The number of rotatable bonds is 4. The lowest BCUT2D eigenvalue weighted by Gasteiger charge is -2.09. The lowest BCUT2D eigenvalue weighted by Crippen LogP contribution is -2.04. The average molecular weight is 323 g/mol. The van der Waals surface area contributed by atoms with E-state index < -0.39 is 0 Å². The number of halogens is 1. The Labute approximate surface area is 120 Å². The number of nitrogens with two attached hydrogens (primary N) is 1. The van der Waals surface area contributed by atoms with E-state index >= 15 is 0 Å². The molecule has 19 heavy (non-hydrogen) atoms. The van der Waals surface area contributed by atoms with E-state index in [9.17, 15) is 0 Å². The van der Waals surface area contributed by atoms with Crippen LogP contribution in [0.5, 0.6) is 11.8 Å². The smallest absolute Gasteiger partial charge is 0.341 e. The Balaban J connectivity index is 2.31. The van der Waals surface area contributed by atoms with Crippen molar-refractivity contribution in [3.8, 4) is 11.8 Å². The zero-order chi connectivity index (χ0) is 13.8. The highest BCUT2D eigenvalue weighted by atomic mass is 79.9. The number of benzene rings is 1. The van der Waals surface area contributed by atoms with Crippen LogP contribution in [-0.2, 0) is 12.8 Å². The average Bonchev–Trinajstić information content (AvgIpc) is 2.43. The summed E-state index contributed by atoms with van der Waals surface area (Å²) >= 11 is 3.38. The second-order valence-corrected chi connectivity index (χ2v) is 4.75. The Morgan fingerprint density at radius 2 is 1.89 bits per heavy atom. The number of anilines is 1. The van der Waals surface area contributed by atoms with Crippen LogP contribution in [0.3, 0.4) is 0 Å². The van der Waals surface area contributed by atoms with Gasteiger partial charge in [-0.2, -0.15) is 4.98 Å². The van der Waals surface area contributed by atoms with Crippen molar-refractivity contribution >= 4 is 21.6 Å². The van der Waals surface area contributed by atoms with E-state index in [0.717, 1.165) is 24.2 Å². The van der Waals surface area contributed by atoms with E-state index in [4.69, 9.17) is 10.5 Å². The molecule has 0 aliphatic rings. The first-order chi connectivity index (χ1) is 9.15. The van der Waals surface area contributed by atoms with Crippen LogP contribution in [0.1, 0.15) is 25.2 Å². The molecule has 2 aromatic rings. The Kier molecular flexibility index (Phi) is 4.31. The quantitative estimate of drug-likeness (QED) is 0.875. The van der Waals surface area contributed by atoms with Gasteiger partial charge in [0.05, 0.1) is 15.9 Å². The fourth-order valence-electron chi connectivity index (χ4n) is 1.67. The third kappa shape index (κ3) is 3.01. The maximum Gasteiger partial charge on any atom is 0.341 e. The van der Waals surface area contributed by atoms with Crippen molar-refractivity contribution in [2.24, 2.45) is 0 Å². The minimum Gasteiger partial charge on any atom is -0.422 e. The number of hydrogen-bond acceptors (Lipinski definition) is 5. The third-order valence-corrected chi connectivity index (χ3v) is 3.53. The molecule has 0 spiro atoms. The van der Waals surface area contributed by atoms with Crippen molar-refractivity contribution in [3.05, 3.63) is 34.1 Å². The van der Waals surface area contributed by atoms with Crippen LogP contribution in [-0.4, -0.2) is 15.2 Å². The number of hydrogen-bond donors (Lipinski definition) is 1. The van der Waals surface area contributed by atoms with Gasteiger partial charge in [-0.3, -0.25) is 0 Å². The highest BCUT2D eigenvalue weighted by molar-refractivity contribution is 9.10. The molecule has 0 atom stereocenters. The first kappa shape index (κ1) is 13.7. The summed E-state index contributed by atoms with van der Waals surface area (Å²) in [4.78, 5) is 4.37. The predicted molar refractivity (Wildman–Crippen MR) is 77.2 cm³/mol. The molecule has 0 unspecified atom stereocenters. The van der Waals surface area contributed by atoms with Gasteiger partial charge in [0.2, 0.25) is 0 Å². The Morgan fingerprint density at radius 3 is 2.58 bits per heavy atom. The zero-order valence-corrected chi connectivity index (χ0v) is 12.4. The van der Waals surface area contributed by atoms with E-state index in [2.05, 4.69) is 31.1 Å². The summed E-state index contributed by atoms with van der Waals surface area (Å²) in [6, 6.07) is 5.63. The lowest BCUT2D eigenvalue weighted by molar-refractivity contribution is 0.426. The van der Waals surface area contributed by atoms with Crippen molar-refractivity contribution < 1.29 is 4.74 Å². The molecule has 0 radical (unpaired) electrons. The maximum atomic E-state index is 5.79. The van der Waals surface area contributed by atoms with Crippen molar-refractivity contribution in [1.29, 1.82) is 0 Å². The van der Waals surface area contributed by atoms with Crippen LogP contribution < -0.4 is 10.5 Å². The Bertz CT molecular complexity index is 589. The summed E-state index contributed by atoms with van der Waals surface area (Å²) in [7, 11) is 0. The SMILES string of the molecule is CCc1nnc(Oc2cccc(N)c2Br)nc1CC. The van der Waals surface area contributed by atoms with Gasteiger partial charge in [0, 0.05) is 5.69 Å². The van der Waals surface area contributed by atoms with E-state index in [-0.39, 0.29) is 6.01 Å². The van der Waals surface area contributed by atoms with Crippen LogP contribution in [0, 0.1) is 0 Å². The molecule has 100 valence electrons. The van der Waals surface area contributed by atoms with Crippen molar-refractivity contribution in [3.63, 3.8) is 0 Å². The third-order valence-electron chi connectivity index (χ3n) is 2.68. The van der Waals surface area contributed by atoms with Crippen LogP contribution in [0.25, 0.3) is 0 Å². The van der Waals surface area contributed by atoms with Gasteiger partial charge < -0.3 is 10.5 Å².